The Balaban J connectivity index is 2.96. The molecule has 102 valence electrons. The van der Waals surface area contributed by atoms with Crippen LogP contribution in [0.3, 0.4) is 0 Å². The van der Waals surface area contributed by atoms with E-state index in [2.05, 4.69) is 0 Å². The number of carboxylic acids is 1. The Morgan fingerprint density at radius 2 is 2.00 bits per heavy atom. The molecule has 0 saturated carbocycles. The number of aliphatic carboxylic acids is 1. The maximum atomic E-state index is 12.7. The zero-order valence-corrected chi connectivity index (χ0v) is 9.95. The van der Waals surface area contributed by atoms with E-state index in [-0.39, 0.29) is 12.1 Å². The quantitative estimate of drug-likeness (QED) is 0.879. The highest BCUT2D eigenvalue weighted by Gasteiger charge is 2.57. The van der Waals surface area contributed by atoms with Crippen LogP contribution in [0, 0.1) is 11.3 Å². The van der Waals surface area contributed by atoms with Crippen LogP contribution in [0.4, 0.5) is 13.2 Å². The molecule has 1 aromatic rings. The molecule has 0 aliphatic carbocycles. The molecule has 0 aliphatic rings. The summed E-state index contributed by atoms with van der Waals surface area (Å²) < 4.78 is 38.2. The summed E-state index contributed by atoms with van der Waals surface area (Å²) in [4.78, 5) is 10.8. The summed E-state index contributed by atoms with van der Waals surface area (Å²) >= 11 is 0. The van der Waals surface area contributed by atoms with E-state index in [4.69, 9.17) is 10.4 Å². The molecule has 0 aromatic heterocycles. The number of carbonyl (C=O) groups is 1. The average molecular weight is 272 g/mol. The predicted octanol–water partition coefficient (Wildman–Crippen LogP) is 2.05. The second kappa shape index (κ2) is 5.28. The Hall–Kier alpha value is -2.07. The van der Waals surface area contributed by atoms with E-state index >= 15 is 0 Å². The predicted molar refractivity (Wildman–Crippen MR) is 60.1 cm³/mol. The summed E-state index contributed by atoms with van der Waals surface area (Å²) in [5, 5.41) is 19.5. The Kier molecular flexibility index (Phi) is 4.17. The standard InChI is InChI=1S/C12H11F3N2O2/c1-11(10(18)19,12(13,14)15)17-7-9-5-3-2-4-8(9)6-16/h2-5,17H,7H2,1H3,(H,18,19). The van der Waals surface area contributed by atoms with Crippen molar-refractivity contribution in [1.82, 2.24) is 5.32 Å². The minimum Gasteiger partial charge on any atom is -0.480 e. The van der Waals surface area contributed by atoms with Crippen LogP contribution >= 0.6 is 0 Å². The fourth-order valence-electron chi connectivity index (χ4n) is 1.35. The number of hydrogen-bond donors (Lipinski definition) is 2. The summed E-state index contributed by atoms with van der Waals surface area (Å²) in [7, 11) is 0. The molecule has 1 aromatic carbocycles. The van der Waals surface area contributed by atoms with Crippen LogP contribution in [0.1, 0.15) is 18.1 Å². The minimum absolute atomic E-state index is 0.199. The van der Waals surface area contributed by atoms with Gasteiger partial charge in [0.2, 0.25) is 5.54 Å². The molecule has 0 heterocycles. The fourth-order valence-corrected chi connectivity index (χ4v) is 1.35. The van der Waals surface area contributed by atoms with Gasteiger partial charge in [-0.25, -0.2) is 4.79 Å². The summed E-state index contributed by atoms with van der Waals surface area (Å²) in [5.74, 6) is -2.02. The lowest BCUT2D eigenvalue weighted by molar-refractivity contribution is -0.206. The van der Waals surface area contributed by atoms with Gasteiger partial charge in [0.1, 0.15) is 0 Å². The molecule has 1 unspecified atom stereocenters. The number of hydrogen-bond acceptors (Lipinski definition) is 3. The van der Waals surface area contributed by atoms with Crippen LogP contribution in [0.15, 0.2) is 24.3 Å². The number of nitriles is 1. The maximum absolute atomic E-state index is 12.7. The Labute approximate surface area is 107 Å². The second-order valence-corrected chi connectivity index (χ2v) is 4.05. The van der Waals surface area contributed by atoms with Crippen LogP contribution in [0.2, 0.25) is 0 Å². The lowest BCUT2D eigenvalue weighted by Gasteiger charge is -2.28. The van der Waals surface area contributed by atoms with Gasteiger partial charge < -0.3 is 5.11 Å². The normalized spacial score (nSPS) is 14.5. The summed E-state index contributed by atoms with van der Waals surface area (Å²) in [6.45, 7) is 0.177. The number of benzene rings is 1. The minimum atomic E-state index is -4.94. The monoisotopic (exact) mass is 272 g/mol. The molecule has 0 aliphatic heterocycles. The summed E-state index contributed by atoms with van der Waals surface area (Å²) in [6.07, 6.45) is -4.94. The van der Waals surface area contributed by atoms with Crippen molar-refractivity contribution in [3.8, 4) is 6.07 Å². The van der Waals surface area contributed by atoms with Crippen molar-refractivity contribution >= 4 is 5.97 Å². The summed E-state index contributed by atoms with van der Waals surface area (Å²) in [5.41, 5.74) is -2.55. The number of halogens is 3. The SMILES string of the molecule is CC(NCc1ccccc1C#N)(C(=O)O)C(F)(F)F. The van der Waals surface area contributed by atoms with Crippen LogP contribution in [-0.4, -0.2) is 22.8 Å². The first-order valence-electron chi connectivity index (χ1n) is 5.25. The van der Waals surface area contributed by atoms with E-state index in [1.807, 2.05) is 11.4 Å². The van der Waals surface area contributed by atoms with Crippen molar-refractivity contribution in [2.75, 3.05) is 0 Å². The number of nitrogens with one attached hydrogen (secondary N) is 1. The molecule has 1 rings (SSSR count). The van der Waals surface area contributed by atoms with Crippen LogP contribution < -0.4 is 5.32 Å². The van der Waals surface area contributed by atoms with Gasteiger partial charge in [-0.15, -0.1) is 0 Å². The smallest absolute Gasteiger partial charge is 0.417 e. The lowest BCUT2D eigenvalue weighted by Crippen LogP contribution is -2.59. The van der Waals surface area contributed by atoms with E-state index in [0.29, 0.717) is 12.5 Å². The van der Waals surface area contributed by atoms with Gasteiger partial charge in [-0.05, 0) is 18.6 Å². The van der Waals surface area contributed by atoms with E-state index in [0.717, 1.165) is 0 Å². The Morgan fingerprint density at radius 3 is 2.47 bits per heavy atom. The first kappa shape index (κ1) is 15.0. The second-order valence-electron chi connectivity index (χ2n) is 4.05. The van der Waals surface area contributed by atoms with Gasteiger partial charge in [0, 0.05) is 6.54 Å². The van der Waals surface area contributed by atoms with Gasteiger partial charge in [0.25, 0.3) is 0 Å². The zero-order chi connectivity index (χ0) is 14.7. The molecule has 0 bridgehead atoms. The molecule has 19 heavy (non-hydrogen) atoms. The summed E-state index contributed by atoms with van der Waals surface area (Å²) in [6, 6.07) is 7.87. The van der Waals surface area contributed by atoms with Crippen LogP contribution in [0.5, 0.6) is 0 Å². The highest BCUT2D eigenvalue weighted by Crippen LogP contribution is 2.30. The molecular formula is C12H11F3N2O2. The van der Waals surface area contributed by atoms with Crippen molar-refractivity contribution in [3.05, 3.63) is 35.4 Å². The van der Waals surface area contributed by atoms with E-state index in [1.54, 1.807) is 12.1 Å². The van der Waals surface area contributed by atoms with Gasteiger partial charge in [-0.1, -0.05) is 18.2 Å². The molecule has 2 N–H and O–H groups in total. The number of rotatable bonds is 4. The molecule has 0 saturated heterocycles. The largest absolute Gasteiger partial charge is 0.480 e. The molecule has 0 radical (unpaired) electrons. The van der Waals surface area contributed by atoms with Crippen LogP contribution in [-0.2, 0) is 11.3 Å². The topological polar surface area (TPSA) is 73.1 Å². The number of alkyl halides is 3. The first-order valence-corrected chi connectivity index (χ1v) is 5.25. The third kappa shape index (κ3) is 3.03. The molecule has 0 amide bonds. The molecule has 7 heteroatoms. The molecule has 0 fully saturated rings. The maximum Gasteiger partial charge on any atom is 0.417 e. The van der Waals surface area contributed by atoms with Gasteiger partial charge in [0.15, 0.2) is 0 Å². The van der Waals surface area contributed by atoms with Crippen molar-refractivity contribution in [1.29, 1.82) is 5.26 Å². The fraction of sp³-hybridized carbons (Fsp3) is 0.333. The average Bonchev–Trinajstić information content (AvgIpc) is 2.34. The third-order valence-electron chi connectivity index (χ3n) is 2.76. The molecule has 0 spiro atoms. The van der Waals surface area contributed by atoms with E-state index in [1.165, 1.54) is 12.1 Å². The van der Waals surface area contributed by atoms with Crippen LogP contribution in [0.25, 0.3) is 0 Å². The van der Waals surface area contributed by atoms with E-state index < -0.39 is 17.7 Å². The molecular weight excluding hydrogens is 261 g/mol. The third-order valence-corrected chi connectivity index (χ3v) is 2.76. The van der Waals surface area contributed by atoms with Gasteiger partial charge in [-0.2, -0.15) is 18.4 Å². The highest BCUT2D eigenvalue weighted by atomic mass is 19.4. The zero-order valence-electron chi connectivity index (χ0n) is 9.95. The van der Waals surface area contributed by atoms with Gasteiger partial charge in [0.05, 0.1) is 11.6 Å². The van der Waals surface area contributed by atoms with Gasteiger partial charge in [-0.3, -0.25) is 5.32 Å². The number of nitrogens with zero attached hydrogens (tertiary/aromatic N) is 1. The van der Waals surface area contributed by atoms with Crippen molar-refractivity contribution in [3.63, 3.8) is 0 Å². The Bertz CT molecular complexity index is 522. The number of carboxylic acid groups (broad SMARTS) is 1. The van der Waals surface area contributed by atoms with Crippen molar-refractivity contribution in [2.24, 2.45) is 0 Å². The van der Waals surface area contributed by atoms with Crippen molar-refractivity contribution < 1.29 is 23.1 Å². The van der Waals surface area contributed by atoms with E-state index in [9.17, 15) is 18.0 Å². The Morgan fingerprint density at radius 1 is 1.42 bits per heavy atom. The first-order chi connectivity index (χ1) is 8.72. The van der Waals surface area contributed by atoms with Crippen molar-refractivity contribution in [2.45, 2.75) is 25.2 Å². The molecule has 1 atom stereocenters. The molecule has 4 nitrogen and oxygen atoms in total. The van der Waals surface area contributed by atoms with Gasteiger partial charge >= 0.3 is 12.1 Å². The highest BCUT2D eigenvalue weighted by molar-refractivity contribution is 5.79. The lowest BCUT2D eigenvalue weighted by atomic mass is 10.0.